The van der Waals surface area contributed by atoms with Gasteiger partial charge in [-0.1, -0.05) is 35.9 Å². The van der Waals surface area contributed by atoms with Crippen LogP contribution >= 0.6 is 11.6 Å². The summed E-state index contributed by atoms with van der Waals surface area (Å²) < 4.78 is 5.19. The Morgan fingerprint density at radius 2 is 2.04 bits per heavy atom. The SMILES string of the molecule is O=COC(Cc1cc(-c2cccc(O)c2)n[nH]1)c1cccc(Cl)c1. The van der Waals surface area contributed by atoms with Crippen LogP contribution in [0.2, 0.25) is 5.02 Å². The number of halogens is 1. The molecule has 5 nitrogen and oxygen atoms in total. The molecule has 0 bridgehead atoms. The van der Waals surface area contributed by atoms with Gasteiger partial charge in [-0.2, -0.15) is 5.10 Å². The van der Waals surface area contributed by atoms with Crippen LogP contribution in [0.3, 0.4) is 0 Å². The number of benzene rings is 2. The number of hydrogen-bond donors (Lipinski definition) is 2. The maximum atomic E-state index is 10.8. The summed E-state index contributed by atoms with van der Waals surface area (Å²) >= 11 is 6.00. The van der Waals surface area contributed by atoms with Gasteiger partial charge in [0.25, 0.3) is 6.47 Å². The molecule has 6 heteroatoms. The van der Waals surface area contributed by atoms with Crippen molar-refractivity contribution in [2.45, 2.75) is 12.5 Å². The summed E-state index contributed by atoms with van der Waals surface area (Å²) in [4.78, 5) is 10.8. The van der Waals surface area contributed by atoms with Crippen LogP contribution in [0, 0.1) is 0 Å². The molecule has 0 saturated carbocycles. The van der Waals surface area contributed by atoms with Gasteiger partial charge >= 0.3 is 0 Å². The van der Waals surface area contributed by atoms with Crippen molar-refractivity contribution in [2.75, 3.05) is 0 Å². The predicted molar refractivity (Wildman–Crippen MR) is 90.7 cm³/mol. The number of carbonyl (C=O) groups excluding carboxylic acids is 1. The first-order valence-corrected chi connectivity index (χ1v) is 7.72. The monoisotopic (exact) mass is 342 g/mol. The van der Waals surface area contributed by atoms with Crippen molar-refractivity contribution < 1.29 is 14.6 Å². The average molecular weight is 343 g/mol. The first-order valence-electron chi connectivity index (χ1n) is 7.34. The van der Waals surface area contributed by atoms with Gasteiger partial charge in [0.1, 0.15) is 11.9 Å². The molecule has 0 saturated heterocycles. The number of phenols is 1. The zero-order valence-electron chi connectivity index (χ0n) is 12.6. The number of ether oxygens (including phenoxy) is 1. The second kappa shape index (κ2) is 7.19. The van der Waals surface area contributed by atoms with Crippen molar-refractivity contribution in [1.82, 2.24) is 10.2 Å². The highest BCUT2D eigenvalue weighted by molar-refractivity contribution is 6.30. The number of H-pyrrole nitrogens is 1. The molecule has 0 fully saturated rings. The summed E-state index contributed by atoms with van der Waals surface area (Å²) in [5, 5.41) is 17.3. The topological polar surface area (TPSA) is 75.2 Å². The molecule has 1 heterocycles. The molecule has 1 unspecified atom stereocenters. The quantitative estimate of drug-likeness (QED) is 0.666. The van der Waals surface area contributed by atoms with E-state index >= 15 is 0 Å². The van der Waals surface area contributed by atoms with Crippen LogP contribution in [0.4, 0.5) is 0 Å². The zero-order chi connectivity index (χ0) is 16.9. The molecule has 3 aromatic rings. The molecule has 0 spiro atoms. The Labute approximate surface area is 143 Å². The van der Waals surface area contributed by atoms with Gasteiger partial charge in [0.2, 0.25) is 0 Å². The van der Waals surface area contributed by atoms with Crippen LogP contribution in [-0.4, -0.2) is 21.8 Å². The van der Waals surface area contributed by atoms with Gasteiger partial charge in [0.15, 0.2) is 0 Å². The molecule has 0 aliphatic heterocycles. The summed E-state index contributed by atoms with van der Waals surface area (Å²) in [6.45, 7) is 0.429. The minimum atomic E-state index is -0.460. The van der Waals surface area contributed by atoms with Crippen molar-refractivity contribution in [2.24, 2.45) is 0 Å². The Bertz CT molecular complexity index is 848. The maximum absolute atomic E-state index is 10.8. The van der Waals surface area contributed by atoms with Gasteiger partial charge in [-0.15, -0.1) is 0 Å². The Morgan fingerprint density at radius 3 is 2.79 bits per heavy atom. The molecule has 24 heavy (non-hydrogen) atoms. The molecule has 1 aromatic heterocycles. The van der Waals surface area contributed by atoms with E-state index in [1.165, 1.54) is 0 Å². The fraction of sp³-hybridized carbons (Fsp3) is 0.111. The Hall–Kier alpha value is -2.79. The summed E-state index contributed by atoms with van der Waals surface area (Å²) in [7, 11) is 0. The van der Waals surface area contributed by atoms with Gasteiger partial charge in [-0.3, -0.25) is 9.89 Å². The fourth-order valence-electron chi connectivity index (χ4n) is 2.50. The van der Waals surface area contributed by atoms with E-state index in [9.17, 15) is 9.90 Å². The van der Waals surface area contributed by atoms with Crippen molar-refractivity contribution >= 4 is 18.1 Å². The van der Waals surface area contributed by atoms with E-state index in [1.807, 2.05) is 24.3 Å². The third-order valence-electron chi connectivity index (χ3n) is 3.62. The van der Waals surface area contributed by atoms with E-state index in [-0.39, 0.29) is 5.75 Å². The lowest BCUT2D eigenvalue weighted by Crippen LogP contribution is -2.07. The van der Waals surface area contributed by atoms with Gasteiger partial charge < -0.3 is 9.84 Å². The van der Waals surface area contributed by atoms with Gasteiger partial charge in [0.05, 0.1) is 5.69 Å². The normalized spacial score (nSPS) is 11.9. The van der Waals surface area contributed by atoms with Crippen molar-refractivity contribution in [3.05, 3.63) is 70.9 Å². The van der Waals surface area contributed by atoms with E-state index in [1.54, 1.807) is 30.3 Å². The summed E-state index contributed by atoms with van der Waals surface area (Å²) in [6, 6.07) is 15.9. The lowest BCUT2D eigenvalue weighted by atomic mass is 10.0. The van der Waals surface area contributed by atoms with Crippen LogP contribution in [0.15, 0.2) is 54.6 Å². The molecule has 3 rings (SSSR count). The largest absolute Gasteiger partial charge is 0.508 e. The Kier molecular flexibility index (Phi) is 4.82. The number of nitrogens with zero attached hydrogens (tertiary/aromatic N) is 1. The lowest BCUT2D eigenvalue weighted by Gasteiger charge is -2.14. The molecule has 2 aromatic carbocycles. The van der Waals surface area contributed by atoms with E-state index in [2.05, 4.69) is 10.2 Å². The number of aromatic hydroxyl groups is 1. The highest BCUT2D eigenvalue weighted by Gasteiger charge is 2.16. The summed E-state index contributed by atoms with van der Waals surface area (Å²) in [5.74, 6) is 0.179. The van der Waals surface area contributed by atoms with E-state index in [4.69, 9.17) is 16.3 Å². The molecule has 1 atom stereocenters. The van der Waals surface area contributed by atoms with Crippen LogP contribution < -0.4 is 0 Å². The van der Waals surface area contributed by atoms with E-state index in [0.717, 1.165) is 16.8 Å². The minimum absolute atomic E-state index is 0.179. The van der Waals surface area contributed by atoms with Gasteiger partial charge in [0, 0.05) is 22.7 Å². The predicted octanol–water partition coefficient (Wildman–Crippen LogP) is 3.89. The van der Waals surface area contributed by atoms with Crippen LogP contribution in [-0.2, 0) is 16.0 Å². The van der Waals surface area contributed by atoms with E-state index in [0.29, 0.717) is 23.6 Å². The molecule has 0 aliphatic carbocycles. The Balaban J connectivity index is 1.82. The number of hydrogen-bond acceptors (Lipinski definition) is 4. The number of rotatable bonds is 6. The molecule has 0 amide bonds. The second-order valence-electron chi connectivity index (χ2n) is 5.31. The van der Waals surface area contributed by atoms with Crippen molar-refractivity contribution in [1.29, 1.82) is 0 Å². The molecule has 0 radical (unpaired) electrons. The van der Waals surface area contributed by atoms with Crippen LogP contribution in [0.25, 0.3) is 11.3 Å². The number of carbonyl (C=O) groups is 1. The first kappa shape index (κ1) is 16.1. The van der Waals surface area contributed by atoms with Gasteiger partial charge in [-0.25, -0.2) is 0 Å². The maximum Gasteiger partial charge on any atom is 0.293 e. The zero-order valence-corrected chi connectivity index (χ0v) is 13.4. The molecule has 2 N–H and O–H groups in total. The third kappa shape index (κ3) is 3.75. The van der Waals surface area contributed by atoms with Crippen LogP contribution in [0.5, 0.6) is 5.75 Å². The number of phenolic OH excluding ortho intramolecular Hbond substituents is 1. The Morgan fingerprint density at radius 1 is 1.21 bits per heavy atom. The number of aromatic nitrogens is 2. The van der Waals surface area contributed by atoms with Crippen molar-refractivity contribution in [3.63, 3.8) is 0 Å². The standard InChI is InChI=1S/C18H15ClN2O3/c19-14-5-1-4-13(7-14)18(24-11-22)10-15-9-17(21-20-15)12-3-2-6-16(23)8-12/h1-9,11,18,23H,10H2,(H,20,21). The lowest BCUT2D eigenvalue weighted by molar-refractivity contribution is -0.133. The van der Waals surface area contributed by atoms with E-state index < -0.39 is 6.10 Å². The third-order valence-corrected chi connectivity index (χ3v) is 3.85. The number of nitrogens with one attached hydrogen (secondary N) is 1. The molecular formula is C18H15ClN2O3. The molecular weight excluding hydrogens is 328 g/mol. The van der Waals surface area contributed by atoms with Crippen LogP contribution in [0.1, 0.15) is 17.4 Å². The van der Waals surface area contributed by atoms with Crippen molar-refractivity contribution in [3.8, 4) is 17.0 Å². The second-order valence-corrected chi connectivity index (χ2v) is 5.75. The number of aromatic amines is 1. The first-order chi connectivity index (χ1) is 11.7. The highest BCUT2D eigenvalue weighted by atomic mass is 35.5. The van der Waals surface area contributed by atoms with Gasteiger partial charge in [-0.05, 0) is 35.9 Å². The molecule has 122 valence electrons. The molecule has 0 aliphatic rings. The summed E-state index contributed by atoms with van der Waals surface area (Å²) in [6.07, 6.45) is -0.0241. The highest BCUT2D eigenvalue weighted by Crippen LogP contribution is 2.26. The summed E-state index contributed by atoms with van der Waals surface area (Å²) in [5.41, 5.74) is 3.12. The minimum Gasteiger partial charge on any atom is -0.508 e. The average Bonchev–Trinajstić information content (AvgIpc) is 3.03. The smallest absolute Gasteiger partial charge is 0.293 e. The fourth-order valence-corrected chi connectivity index (χ4v) is 2.70.